The van der Waals surface area contributed by atoms with Gasteiger partial charge in [0.2, 0.25) is 0 Å². The number of nitrogens with one attached hydrogen (secondary N) is 1. The number of rotatable bonds is 6. The second-order valence-corrected chi connectivity index (χ2v) is 6.66. The number of aliphatic carboxylic acids is 1. The van der Waals surface area contributed by atoms with Crippen LogP contribution in [0.4, 0.5) is 5.69 Å². The monoisotopic (exact) mass is 353 g/mol. The van der Waals surface area contributed by atoms with Gasteiger partial charge in [-0.2, -0.15) is 0 Å². The number of benzene rings is 2. The van der Waals surface area contributed by atoms with E-state index in [2.05, 4.69) is 11.4 Å². The first-order valence-electron chi connectivity index (χ1n) is 8.90. The Morgan fingerprint density at radius 1 is 1.12 bits per heavy atom. The molecule has 5 heteroatoms. The van der Waals surface area contributed by atoms with E-state index in [0.717, 1.165) is 12.8 Å². The predicted molar refractivity (Wildman–Crippen MR) is 99.7 cm³/mol. The molecule has 1 atom stereocenters. The van der Waals surface area contributed by atoms with E-state index in [9.17, 15) is 9.59 Å². The van der Waals surface area contributed by atoms with Crippen LogP contribution in [0.5, 0.6) is 5.75 Å². The van der Waals surface area contributed by atoms with Crippen molar-refractivity contribution in [2.75, 3.05) is 11.9 Å². The predicted octanol–water partition coefficient (Wildman–Crippen LogP) is 3.77. The zero-order valence-electron chi connectivity index (χ0n) is 14.8. The Hall–Kier alpha value is -2.82. The van der Waals surface area contributed by atoms with Gasteiger partial charge in [0.1, 0.15) is 5.75 Å². The summed E-state index contributed by atoms with van der Waals surface area (Å²) in [6.45, 7) is 1.53. The number of anilines is 1. The number of hydrogen-bond donors (Lipinski definition) is 2. The summed E-state index contributed by atoms with van der Waals surface area (Å²) in [6, 6.07) is 12.9. The lowest BCUT2D eigenvalue weighted by Crippen LogP contribution is -2.20. The molecule has 0 aliphatic heterocycles. The highest BCUT2D eigenvalue weighted by Crippen LogP contribution is 2.25. The smallest absolute Gasteiger partial charge is 0.310 e. The molecule has 0 saturated heterocycles. The molecule has 1 aliphatic carbocycles. The van der Waals surface area contributed by atoms with Gasteiger partial charge in [0.25, 0.3) is 5.91 Å². The summed E-state index contributed by atoms with van der Waals surface area (Å²) in [5.41, 5.74) is 3.89. The zero-order chi connectivity index (χ0) is 18.5. The maximum Gasteiger partial charge on any atom is 0.310 e. The molecule has 0 radical (unpaired) electrons. The molecule has 1 unspecified atom stereocenters. The number of carboxylic acids is 1. The number of carbonyl (C=O) groups is 2. The first kappa shape index (κ1) is 18.0. The molecular formula is C21H23NO4. The van der Waals surface area contributed by atoms with Gasteiger partial charge < -0.3 is 15.2 Å². The van der Waals surface area contributed by atoms with Gasteiger partial charge in [0.05, 0.1) is 5.92 Å². The van der Waals surface area contributed by atoms with Crippen molar-refractivity contribution < 1.29 is 19.4 Å². The Bertz CT molecular complexity index is 815. The molecule has 0 fully saturated rings. The van der Waals surface area contributed by atoms with E-state index in [-0.39, 0.29) is 12.5 Å². The number of amides is 1. The molecule has 1 aliphatic rings. The molecule has 5 nitrogen and oxygen atoms in total. The Morgan fingerprint density at radius 3 is 2.65 bits per heavy atom. The summed E-state index contributed by atoms with van der Waals surface area (Å²) in [5, 5.41) is 11.8. The molecule has 3 rings (SSSR count). The van der Waals surface area contributed by atoms with Crippen LogP contribution in [0, 0.1) is 0 Å². The van der Waals surface area contributed by atoms with Gasteiger partial charge in [-0.25, -0.2) is 0 Å². The van der Waals surface area contributed by atoms with Crippen molar-refractivity contribution in [3.63, 3.8) is 0 Å². The minimum Gasteiger partial charge on any atom is -0.484 e. The van der Waals surface area contributed by atoms with Crippen LogP contribution in [-0.2, 0) is 22.4 Å². The summed E-state index contributed by atoms with van der Waals surface area (Å²) in [7, 11) is 0. The van der Waals surface area contributed by atoms with Crippen molar-refractivity contribution in [2.45, 2.75) is 38.5 Å². The number of aryl methyl sites for hydroxylation is 2. The highest BCUT2D eigenvalue weighted by Gasteiger charge is 2.14. The van der Waals surface area contributed by atoms with Crippen LogP contribution in [0.25, 0.3) is 0 Å². The molecule has 2 N–H and O–H groups in total. The van der Waals surface area contributed by atoms with Crippen LogP contribution in [0.15, 0.2) is 42.5 Å². The lowest BCUT2D eigenvalue weighted by atomic mass is 9.92. The Kier molecular flexibility index (Phi) is 5.56. The first-order valence-corrected chi connectivity index (χ1v) is 8.90. The molecule has 0 spiro atoms. The van der Waals surface area contributed by atoms with E-state index in [0.29, 0.717) is 17.0 Å². The van der Waals surface area contributed by atoms with Gasteiger partial charge >= 0.3 is 5.97 Å². The topological polar surface area (TPSA) is 75.6 Å². The maximum atomic E-state index is 12.1. The Morgan fingerprint density at radius 2 is 1.88 bits per heavy atom. The van der Waals surface area contributed by atoms with Crippen LogP contribution >= 0.6 is 0 Å². The van der Waals surface area contributed by atoms with E-state index in [1.807, 2.05) is 12.1 Å². The average Bonchev–Trinajstić information content (AvgIpc) is 2.65. The second-order valence-electron chi connectivity index (χ2n) is 6.66. The summed E-state index contributed by atoms with van der Waals surface area (Å²) >= 11 is 0. The lowest BCUT2D eigenvalue weighted by Gasteiger charge is -2.16. The molecule has 2 aromatic rings. The molecule has 0 bridgehead atoms. The minimum absolute atomic E-state index is 0.0858. The highest BCUT2D eigenvalue weighted by atomic mass is 16.5. The average molecular weight is 353 g/mol. The Balaban J connectivity index is 1.58. The van der Waals surface area contributed by atoms with E-state index in [1.165, 1.54) is 24.0 Å². The molecule has 136 valence electrons. The van der Waals surface area contributed by atoms with Gasteiger partial charge in [-0.3, -0.25) is 9.59 Å². The van der Waals surface area contributed by atoms with Gasteiger partial charge in [0, 0.05) is 5.69 Å². The molecular weight excluding hydrogens is 330 g/mol. The fourth-order valence-corrected chi connectivity index (χ4v) is 3.17. The fraction of sp³-hybridized carbons (Fsp3) is 0.333. The van der Waals surface area contributed by atoms with Crippen molar-refractivity contribution in [2.24, 2.45) is 0 Å². The SMILES string of the molecule is CC(C(=O)O)c1cccc(NC(=O)COc2ccc3c(c2)CCCC3)c1. The van der Waals surface area contributed by atoms with Gasteiger partial charge in [-0.15, -0.1) is 0 Å². The zero-order valence-corrected chi connectivity index (χ0v) is 14.8. The number of carbonyl (C=O) groups excluding carboxylic acids is 1. The van der Waals surface area contributed by atoms with Gasteiger partial charge in [0.15, 0.2) is 6.61 Å². The van der Waals surface area contributed by atoms with Crippen molar-refractivity contribution in [3.05, 3.63) is 59.2 Å². The third kappa shape index (κ3) is 4.42. The van der Waals surface area contributed by atoms with Crippen LogP contribution in [-0.4, -0.2) is 23.6 Å². The first-order chi connectivity index (χ1) is 12.5. The number of fused-ring (bicyclic) bond motifs is 1. The normalized spacial score (nSPS) is 14.2. The third-order valence-corrected chi connectivity index (χ3v) is 4.73. The second kappa shape index (κ2) is 8.04. The van der Waals surface area contributed by atoms with E-state index in [4.69, 9.17) is 9.84 Å². The van der Waals surface area contributed by atoms with Crippen molar-refractivity contribution >= 4 is 17.6 Å². The van der Waals surface area contributed by atoms with Crippen LogP contribution < -0.4 is 10.1 Å². The van der Waals surface area contributed by atoms with Crippen molar-refractivity contribution in [1.29, 1.82) is 0 Å². The largest absolute Gasteiger partial charge is 0.484 e. The van der Waals surface area contributed by atoms with Gasteiger partial charge in [-0.05, 0) is 73.6 Å². The van der Waals surface area contributed by atoms with Gasteiger partial charge in [-0.1, -0.05) is 18.2 Å². The highest BCUT2D eigenvalue weighted by molar-refractivity contribution is 5.92. The summed E-state index contributed by atoms with van der Waals surface area (Å²) in [5.74, 6) is -1.10. The quantitative estimate of drug-likeness (QED) is 0.829. The summed E-state index contributed by atoms with van der Waals surface area (Å²) in [4.78, 5) is 23.2. The van der Waals surface area contributed by atoms with Crippen LogP contribution in [0.2, 0.25) is 0 Å². The number of hydrogen-bond acceptors (Lipinski definition) is 3. The molecule has 1 amide bonds. The maximum absolute atomic E-state index is 12.1. The molecule has 2 aromatic carbocycles. The van der Waals surface area contributed by atoms with Crippen LogP contribution in [0.3, 0.4) is 0 Å². The van der Waals surface area contributed by atoms with E-state index >= 15 is 0 Å². The van der Waals surface area contributed by atoms with Crippen molar-refractivity contribution in [1.82, 2.24) is 0 Å². The van der Waals surface area contributed by atoms with Crippen molar-refractivity contribution in [3.8, 4) is 5.75 Å². The minimum atomic E-state index is -0.899. The van der Waals surface area contributed by atoms with E-state index in [1.54, 1.807) is 31.2 Å². The summed E-state index contributed by atoms with van der Waals surface area (Å²) < 4.78 is 5.62. The standard InChI is InChI=1S/C21H23NO4/c1-14(21(24)25)16-7-4-8-18(11-16)22-20(23)13-26-19-10-9-15-5-2-3-6-17(15)12-19/h4,7-12,14H,2-3,5-6,13H2,1H3,(H,22,23)(H,24,25). The molecule has 0 heterocycles. The molecule has 26 heavy (non-hydrogen) atoms. The molecule has 0 aromatic heterocycles. The fourth-order valence-electron chi connectivity index (χ4n) is 3.17. The number of carboxylic acid groups (broad SMARTS) is 1. The number of ether oxygens (including phenoxy) is 1. The van der Waals surface area contributed by atoms with Crippen LogP contribution in [0.1, 0.15) is 42.4 Å². The lowest BCUT2D eigenvalue weighted by molar-refractivity contribution is -0.138. The summed E-state index contributed by atoms with van der Waals surface area (Å²) in [6.07, 6.45) is 4.60. The van der Waals surface area contributed by atoms with E-state index < -0.39 is 11.9 Å². The Labute approximate surface area is 153 Å². The molecule has 0 saturated carbocycles. The third-order valence-electron chi connectivity index (χ3n) is 4.73.